The number of thiocarbonyl (C=S) groups is 1. The molecule has 1 aromatic carbocycles. The number of hydrogen-bond donors (Lipinski definition) is 1. The first kappa shape index (κ1) is 19.9. The summed E-state index contributed by atoms with van der Waals surface area (Å²) in [6.45, 7) is 8.31. The summed E-state index contributed by atoms with van der Waals surface area (Å²) in [5.74, 6) is 1.28. The van der Waals surface area contributed by atoms with Gasteiger partial charge in [-0.25, -0.2) is 0 Å². The Kier molecular flexibility index (Phi) is 6.90. The first-order valence-corrected chi connectivity index (χ1v) is 10.3. The van der Waals surface area contributed by atoms with Crippen molar-refractivity contribution in [2.24, 2.45) is 0 Å². The van der Waals surface area contributed by atoms with Crippen LogP contribution in [0.2, 0.25) is 0 Å². The van der Waals surface area contributed by atoms with Gasteiger partial charge >= 0.3 is 0 Å². The summed E-state index contributed by atoms with van der Waals surface area (Å²) in [5.41, 5.74) is 0.964. The Morgan fingerprint density at radius 3 is 2.44 bits per heavy atom. The van der Waals surface area contributed by atoms with Crippen molar-refractivity contribution in [3.05, 3.63) is 23.8 Å². The topological polar surface area (TPSA) is 46.5 Å². The van der Waals surface area contributed by atoms with Gasteiger partial charge in [0, 0.05) is 18.7 Å². The predicted octanol–water partition coefficient (Wildman–Crippen LogP) is 0.592. The molecule has 0 spiro atoms. The monoisotopic (exact) mass is 392 g/mol. The van der Waals surface area contributed by atoms with E-state index in [-0.39, 0.29) is 12.5 Å². The van der Waals surface area contributed by atoms with Crippen LogP contribution in [0.15, 0.2) is 18.2 Å². The Hall–Kier alpha value is -1.86. The Morgan fingerprint density at radius 2 is 1.78 bits per heavy atom. The second-order valence-electron chi connectivity index (χ2n) is 7.22. The molecule has 0 radical (unpaired) electrons. The van der Waals surface area contributed by atoms with Gasteiger partial charge in [0.05, 0.1) is 39.8 Å². The molecule has 2 aliphatic heterocycles. The average molecular weight is 393 g/mol. The van der Waals surface area contributed by atoms with Gasteiger partial charge in [-0.15, -0.1) is 0 Å². The summed E-state index contributed by atoms with van der Waals surface area (Å²) in [4.78, 5) is 18.7. The first-order valence-electron chi connectivity index (χ1n) is 9.86. The number of ether oxygens (including phenoxy) is 2. The zero-order valence-electron chi connectivity index (χ0n) is 16.3. The van der Waals surface area contributed by atoms with Crippen LogP contribution in [0, 0.1) is 0 Å². The highest BCUT2D eigenvalue weighted by molar-refractivity contribution is 7.80. The van der Waals surface area contributed by atoms with Crippen molar-refractivity contribution >= 4 is 23.1 Å². The molecule has 2 fully saturated rings. The smallest absolute Gasteiger partial charge is 0.260 e. The number of carbonyl (C=O) groups excluding carboxylic acids is 1. The fourth-order valence-electron chi connectivity index (χ4n) is 3.50. The number of piperazine rings is 1. The number of nitrogens with one attached hydrogen (secondary N) is 1. The van der Waals surface area contributed by atoms with Gasteiger partial charge in [0.2, 0.25) is 0 Å². The summed E-state index contributed by atoms with van der Waals surface area (Å²) >= 11 is 5.70. The third-order valence-electron chi connectivity index (χ3n) is 5.20. The molecule has 2 saturated heterocycles. The van der Waals surface area contributed by atoms with Crippen molar-refractivity contribution in [3.63, 3.8) is 0 Å². The maximum atomic E-state index is 12.2. The largest absolute Gasteiger partial charge is 0.490 e. The lowest BCUT2D eigenvalue weighted by Gasteiger charge is -2.32. The van der Waals surface area contributed by atoms with Crippen LogP contribution < -0.4 is 14.4 Å². The second-order valence-corrected chi connectivity index (χ2v) is 7.61. The molecule has 2 heterocycles. The molecule has 0 bridgehead atoms. The Morgan fingerprint density at radius 1 is 1.07 bits per heavy atom. The molecule has 1 aromatic rings. The van der Waals surface area contributed by atoms with E-state index in [9.17, 15) is 4.79 Å². The van der Waals surface area contributed by atoms with E-state index in [0.717, 1.165) is 62.7 Å². The molecular formula is C20H30N3O3S+. The zero-order chi connectivity index (χ0) is 19.2. The van der Waals surface area contributed by atoms with Crippen molar-refractivity contribution < 1.29 is 19.2 Å². The van der Waals surface area contributed by atoms with Crippen LogP contribution in [0.5, 0.6) is 11.5 Å². The molecule has 1 N–H and O–H groups in total. The quantitative estimate of drug-likeness (QED) is 0.718. The molecule has 148 valence electrons. The lowest BCUT2D eigenvalue weighted by molar-refractivity contribution is -0.883. The summed E-state index contributed by atoms with van der Waals surface area (Å²) < 4.78 is 11.5. The number of benzene rings is 1. The lowest BCUT2D eigenvalue weighted by atomic mass is 10.1. The Balaban J connectivity index is 1.66. The number of amides is 1. The van der Waals surface area contributed by atoms with E-state index in [1.807, 2.05) is 30.0 Å². The van der Waals surface area contributed by atoms with Gasteiger partial charge in [-0.05, 0) is 38.0 Å². The number of carbonyl (C=O) groups is 1. The fourth-order valence-corrected chi connectivity index (χ4v) is 3.81. The molecule has 0 saturated carbocycles. The van der Waals surface area contributed by atoms with Gasteiger partial charge in [-0.2, -0.15) is 0 Å². The molecule has 0 unspecified atom stereocenters. The van der Waals surface area contributed by atoms with Crippen LogP contribution >= 0.6 is 12.2 Å². The molecule has 0 aliphatic carbocycles. The first-order chi connectivity index (χ1) is 13.1. The lowest BCUT2D eigenvalue weighted by Crippen LogP contribution is -3.12. The number of nitrogens with zero attached hydrogens (tertiary/aromatic N) is 2. The van der Waals surface area contributed by atoms with Crippen LogP contribution in [0.1, 0.15) is 25.3 Å². The fraction of sp³-hybridized carbons (Fsp3) is 0.600. The Labute approximate surface area is 167 Å². The van der Waals surface area contributed by atoms with E-state index in [2.05, 4.69) is 11.9 Å². The minimum atomic E-state index is 0.0366. The maximum absolute atomic E-state index is 12.2. The number of quaternary nitrogens is 1. The number of hydrogen-bond acceptors (Lipinski definition) is 4. The van der Waals surface area contributed by atoms with Crippen LogP contribution in [0.3, 0.4) is 0 Å². The van der Waals surface area contributed by atoms with Gasteiger partial charge in [-0.1, -0.05) is 12.2 Å². The molecule has 2 aliphatic rings. The van der Waals surface area contributed by atoms with Gasteiger partial charge in [-0.3, -0.25) is 4.79 Å². The molecule has 0 aromatic heterocycles. The molecule has 7 heteroatoms. The standard InChI is InChI=1S/C20H29N3O3S/c1-3-25-18-14-16(20(27)23-12-10-21(2)11-13-23)6-7-17(18)26-15-19(24)22-8-4-5-9-22/h6-7,14H,3-5,8-13,15H2,1-2H3/p+1. The van der Waals surface area contributed by atoms with E-state index in [1.54, 1.807) is 0 Å². The van der Waals surface area contributed by atoms with Crippen LogP contribution in [0.25, 0.3) is 0 Å². The minimum absolute atomic E-state index is 0.0366. The summed E-state index contributed by atoms with van der Waals surface area (Å²) in [6, 6.07) is 5.77. The van der Waals surface area contributed by atoms with Crippen molar-refractivity contribution in [3.8, 4) is 11.5 Å². The number of rotatable bonds is 6. The highest BCUT2D eigenvalue weighted by atomic mass is 32.1. The average Bonchev–Trinajstić information content (AvgIpc) is 3.22. The van der Waals surface area contributed by atoms with E-state index in [4.69, 9.17) is 21.7 Å². The van der Waals surface area contributed by atoms with Crippen molar-refractivity contribution in [2.45, 2.75) is 19.8 Å². The van der Waals surface area contributed by atoms with Gasteiger partial charge < -0.3 is 24.2 Å². The van der Waals surface area contributed by atoms with Crippen LogP contribution in [-0.4, -0.2) is 80.2 Å². The molecule has 0 atom stereocenters. The third-order valence-corrected chi connectivity index (χ3v) is 5.70. The van der Waals surface area contributed by atoms with Crippen molar-refractivity contribution in [1.29, 1.82) is 0 Å². The van der Waals surface area contributed by atoms with Crippen LogP contribution in [0.4, 0.5) is 0 Å². The highest BCUT2D eigenvalue weighted by Gasteiger charge is 2.22. The summed E-state index contributed by atoms with van der Waals surface area (Å²) in [5, 5.41) is 0. The maximum Gasteiger partial charge on any atom is 0.260 e. The summed E-state index contributed by atoms with van der Waals surface area (Å²) in [6.07, 6.45) is 2.16. The number of likely N-dealkylation sites (tertiary alicyclic amines) is 1. The predicted molar refractivity (Wildman–Crippen MR) is 109 cm³/mol. The minimum Gasteiger partial charge on any atom is -0.490 e. The van der Waals surface area contributed by atoms with Gasteiger partial charge in [0.15, 0.2) is 18.1 Å². The van der Waals surface area contributed by atoms with Crippen LogP contribution in [-0.2, 0) is 4.79 Å². The Bertz CT molecular complexity index is 668. The SMILES string of the molecule is CCOc1cc(C(=S)N2CC[NH+](C)CC2)ccc1OCC(=O)N1CCCC1. The molecule has 3 rings (SSSR count). The molecule has 27 heavy (non-hydrogen) atoms. The zero-order valence-corrected chi connectivity index (χ0v) is 17.1. The van der Waals surface area contributed by atoms with Crippen molar-refractivity contribution in [2.75, 3.05) is 59.5 Å². The van der Waals surface area contributed by atoms with E-state index in [0.29, 0.717) is 18.1 Å². The normalized spacial score (nSPS) is 17.9. The van der Waals surface area contributed by atoms with Gasteiger partial charge in [0.1, 0.15) is 4.99 Å². The van der Waals surface area contributed by atoms with Crippen molar-refractivity contribution in [1.82, 2.24) is 9.80 Å². The second kappa shape index (κ2) is 9.37. The molecule has 6 nitrogen and oxygen atoms in total. The molecule has 1 amide bonds. The molecular weight excluding hydrogens is 362 g/mol. The number of likely N-dealkylation sites (N-methyl/N-ethyl adjacent to an activating group) is 1. The van der Waals surface area contributed by atoms with E-state index >= 15 is 0 Å². The summed E-state index contributed by atoms with van der Waals surface area (Å²) in [7, 11) is 2.21. The van der Waals surface area contributed by atoms with Gasteiger partial charge in [0.25, 0.3) is 5.91 Å². The van der Waals surface area contributed by atoms with E-state index < -0.39 is 0 Å². The highest BCUT2D eigenvalue weighted by Crippen LogP contribution is 2.29. The third kappa shape index (κ3) is 5.11. The van der Waals surface area contributed by atoms with E-state index in [1.165, 1.54) is 4.90 Å².